The van der Waals surface area contributed by atoms with Gasteiger partial charge in [0, 0.05) is 42.9 Å². The number of sulfonamides is 1. The molecule has 2 aliphatic heterocycles. The van der Waals surface area contributed by atoms with Crippen molar-refractivity contribution in [3.8, 4) is 0 Å². The first kappa shape index (κ1) is 23.2. The summed E-state index contributed by atoms with van der Waals surface area (Å²) in [4.78, 5) is 5.06. The van der Waals surface area contributed by atoms with Gasteiger partial charge in [0.25, 0.3) is 0 Å². The lowest BCUT2D eigenvalue weighted by atomic mass is 9.83. The summed E-state index contributed by atoms with van der Waals surface area (Å²) in [5.74, 6) is 0.393. The van der Waals surface area contributed by atoms with Gasteiger partial charge in [-0.2, -0.15) is 4.31 Å². The van der Waals surface area contributed by atoms with Crippen LogP contribution in [0.3, 0.4) is 0 Å². The van der Waals surface area contributed by atoms with Gasteiger partial charge in [0.15, 0.2) is 0 Å². The minimum atomic E-state index is -3.62. The van der Waals surface area contributed by atoms with Gasteiger partial charge < -0.3 is 9.80 Å². The molecule has 1 saturated carbocycles. The molecule has 178 valence electrons. The van der Waals surface area contributed by atoms with Crippen molar-refractivity contribution in [2.75, 3.05) is 36.5 Å². The van der Waals surface area contributed by atoms with Crippen molar-refractivity contribution < 1.29 is 8.42 Å². The van der Waals surface area contributed by atoms with Gasteiger partial charge in [-0.1, -0.05) is 37.5 Å². The zero-order valence-electron chi connectivity index (χ0n) is 19.4. The van der Waals surface area contributed by atoms with E-state index >= 15 is 0 Å². The molecule has 0 aromatic heterocycles. The Morgan fingerprint density at radius 2 is 1.55 bits per heavy atom. The molecule has 0 radical (unpaired) electrons. The van der Waals surface area contributed by atoms with E-state index in [2.05, 4.69) is 43.9 Å². The molecule has 0 N–H and O–H groups in total. The van der Waals surface area contributed by atoms with Gasteiger partial charge in [-0.15, -0.1) is 0 Å². The fourth-order valence-electron chi connectivity index (χ4n) is 5.88. The number of hydrogen-bond acceptors (Lipinski definition) is 4. The van der Waals surface area contributed by atoms with E-state index in [0.29, 0.717) is 17.4 Å². The van der Waals surface area contributed by atoms with Crippen LogP contribution in [0.1, 0.15) is 51.4 Å². The molecule has 1 aliphatic carbocycles. The number of anilines is 3. The lowest BCUT2D eigenvalue weighted by molar-refractivity contribution is 0.218. The van der Waals surface area contributed by atoms with Crippen LogP contribution in [0.5, 0.6) is 0 Å². The van der Waals surface area contributed by atoms with E-state index in [1.54, 1.807) is 11.4 Å². The van der Waals surface area contributed by atoms with Crippen molar-refractivity contribution in [2.45, 2.75) is 62.3 Å². The topological polar surface area (TPSA) is 43.9 Å². The molecule has 1 unspecified atom stereocenters. The molecule has 5 rings (SSSR count). The van der Waals surface area contributed by atoms with Gasteiger partial charge in [-0.25, -0.2) is 8.42 Å². The van der Waals surface area contributed by atoms with Crippen LogP contribution in [-0.4, -0.2) is 45.4 Å². The summed E-state index contributed by atoms with van der Waals surface area (Å²) in [5.41, 5.74) is 2.95. The Morgan fingerprint density at radius 1 is 0.879 bits per heavy atom. The van der Waals surface area contributed by atoms with Gasteiger partial charge in [-0.05, 0) is 78.2 Å². The van der Waals surface area contributed by atoms with E-state index in [4.69, 9.17) is 0 Å². The number of hydrogen-bond donors (Lipinski definition) is 0. The monoisotopic (exact) mass is 531 g/mol. The molecule has 5 nitrogen and oxygen atoms in total. The lowest BCUT2D eigenvalue weighted by Gasteiger charge is -2.37. The van der Waals surface area contributed by atoms with Crippen LogP contribution in [0.15, 0.2) is 51.8 Å². The first-order valence-electron chi connectivity index (χ1n) is 12.4. The maximum Gasteiger partial charge on any atom is 0.245 e. The fourth-order valence-corrected chi connectivity index (χ4v) is 8.23. The van der Waals surface area contributed by atoms with E-state index in [1.165, 1.54) is 38.5 Å². The molecule has 2 heterocycles. The van der Waals surface area contributed by atoms with Crippen molar-refractivity contribution in [3.63, 3.8) is 0 Å². The summed E-state index contributed by atoms with van der Waals surface area (Å²) in [5, 5.41) is 0. The molecular formula is C26H34BrN3O2S. The Bertz CT molecular complexity index is 1080. The molecule has 33 heavy (non-hydrogen) atoms. The zero-order valence-corrected chi connectivity index (χ0v) is 21.8. The van der Waals surface area contributed by atoms with Crippen molar-refractivity contribution >= 4 is 43.0 Å². The van der Waals surface area contributed by atoms with Crippen molar-refractivity contribution in [2.24, 2.45) is 5.92 Å². The SMILES string of the molecule is CN1C(C2CCCCC2)CN(c2ccccc2)c2cc(N3CCCCC3)c(Br)cc2S1(=O)=O. The Morgan fingerprint density at radius 3 is 2.24 bits per heavy atom. The predicted molar refractivity (Wildman–Crippen MR) is 139 cm³/mol. The number of piperidine rings is 1. The number of para-hydroxylation sites is 1. The fraction of sp³-hybridized carbons (Fsp3) is 0.538. The molecule has 1 atom stereocenters. The molecule has 0 spiro atoms. The van der Waals surface area contributed by atoms with Crippen molar-refractivity contribution in [1.82, 2.24) is 4.31 Å². The van der Waals surface area contributed by atoms with Crippen LogP contribution in [0.25, 0.3) is 0 Å². The van der Waals surface area contributed by atoms with Crippen molar-refractivity contribution in [3.05, 3.63) is 46.9 Å². The number of rotatable bonds is 3. The Balaban J connectivity index is 1.66. The van der Waals surface area contributed by atoms with E-state index in [1.807, 2.05) is 24.3 Å². The summed E-state index contributed by atoms with van der Waals surface area (Å²) >= 11 is 3.73. The second-order valence-corrected chi connectivity index (χ2v) is 12.6. The summed E-state index contributed by atoms with van der Waals surface area (Å²) in [6.07, 6.45) is 9.47. The number of halogens is 1. The van der Waals surface area contributed by atoms with E-state index < -0.39 is 10.0 Å². The minimum absolute atomic E-state index is 0.0416. The summed E-state index contributed by atoms with van der Waals surface area (Å²) < 4.78 is 30.5. The largest absolute Gasteiger partial charge is 0.371 e. The highest BCUT2D eigenvalue weighted by Crippen LogP contribution is 2.44. The van der Waals surface area contributed by atoms with Gasteiger partial charge in [0.1, 0.15) is 4.90 Å². The summed E-state index contributed by atoms with van der Waals surface area (Å²) in [6.45, 7) is 2.71. The average molecular weight is 533 g/mol. The van der Waals surface area contributed by atoms with E-state index in [9.17, 15) is 8.42 Å². The molecule has 0 amide bonds. The maximum atomic E-state index is 14.0. The smallest absolute Gasteiger partial charge is 0.245 e. The lowest BCUT2D eigenvalue weighted by Crippen LogP contribution is -2.46. The van der Waals surface area contributed by atoms with Crippen LogP contribution in [-0.2, 0) is 10.0 Å². The van der Waals surface area contributed by atoms with Crippen molar-refractivity contribution in [1.29, 1.82) is 0 Å². The highest BCUT2D eigenvalue weighted by atomic mass is 79.9. The second kappa shape index (κ2) is 9.59. The highest BCUT2D eigenvalue weighted by Gasteiger charge is 2.41. The van der Waals surface area contributed by atoms with Crippen LogP contribution < -0.4 is 9.80 Å². The normalized spacial score (nSPS) is 24.4. The Labute approximate surface area is 206 Å². The van der Waals surface area contributed by atoms with Crippen LogP contribution in [0.2, 0.25) is 0 Å². The van der Waals surface area contributed by atoms with Crippen LogP contribution in [0, 0.1) is 5.92 Å². The number of fused-ring (bicyclic) bond motifs is 1. The number of benzene rings is 2. The molecular weight excluding hydrogens is 498 g/mol. The average Bonchev–Trinajstić information content (AvgIpc) is 2.93. The third kappa shape index (κ3) is 4.44. The second-order valence-electron chi connectivity index (χ2n) is 9.75. The molecule has 2 aromatic carbocycles. The first-order chi connectivity index (χ1) is 16.0. The maximum absolute atomic E-state index is 14.0. The standard InChI is InChI=1S/C26H34BrN3O2S/c1-28-25(20-11-5-2-6-12-20)19-30(21-13-7-3-8-14-21)24-18-23(29-15-9-4-10-16-29)22(27)17-26(24)33(28,31)32/h3,7-8,13-14,17-18,20,25H,2,4-6,9-12,15-16,19H2,1H3. The van der Waals surface area contributed by atoms with Gasteiger partial charge in [0.2, 0.25) is 10.0 Å². The molecule has 2 fully saturated rings. The zero-order chi connectivity index (χ0) is 23.0. The Hall–Kier alpha value is -1.57. The molecule has 2 aromatic rings. The third-order valence-electron chi connectivity index (χ3n) is 7.77. The molecule has 0 bridgehead atoms. The van der Waals surface area contributed by atoms with Crippen LogP contribution >= 0.6 is 15.9 Å². The summed E-state index contributed by atoms with van der Waals surface area (Å²) in [7, 11) is -1.83. The number of nitrogens with zero attached hydrogens (tertiary/aromatic N) is 3. The van der Waals surface area contributed by atoms with Gasteiger partial charge in [-0.3, -0.25) is 0 Å². The van der Waals surface area contributed by atoms with Gasteiger partial charge in [0.05, 0.1) is 11.4 Å². The summed E-state index contributed by atoms with van der Waals surface area (Å²) in [6, 6.07) is 14.2. The van der Waals surface area contributed by atoms with E-state index in [0.717, 1.165) is 47.5 Å². The third-order valence-corrected chi connectivity index (χ3v) is 10.3. The highest BCUT2D eigenvalue weighted by molar-refractivity contribution is 9.10. The quantitative estimate of drug-likeness (QED) is 0.475. The van der Waals surface area contributed by atoms with Crippen LogP contribution in [0.4, 0.5) is 17.1 Å². The molecule has 7 heteroatoms. The minimum Gasteiger partial charge on any atom is -0.371 e. The predicted octanol–water partition coefficient (Wildman–Crippen LogP) is 6.16. The van der Waals surface area contributed by atoms with Gasteiger partial charge >= 0.3 is 0 Å². The molecule has 1 saturated heterocycles. The molecule has 3 aliphatic rings. The number of likely N-dealkylation sites (N-methyl/N-ethyl adjacent to an activating group) is 1. The first-order valence-corrected chi connectivity index (χ1v) is 14.6. The Kier molecular flexibility index (Phi) is 6.74. The van der Waals surface area contributed by atoms with E-state index in [-0.39, 0.29) is 6.04 Å².